The van der Waals surface area contributed by atoms with E-state index in [0.29, 0.717) is 30.4 Å². The van der Waals surface area contributed by atoms with Crippen molar-refractivity contribution in [1.82, 2.24) is 25.3 Å². The van der Waals surface area contributed by atoms with E-state index in [0.717, 1.165) is 35.9 Å². The number of aromatic amines is 1. The van der Waals surface area contributed by atoms with Gasteiger partial charge in [0, 0.05) is 25.5 Å². The van der Waals surface area contributed by atoms with Crippen LogP contribution in [0.1, 0.15) is 36.2 Å². The molecule has 148 valence electrons. The molecule has 1 saturated carbocycles. The zero-order valence-electron chi connectivity index (χ0n) is 15.7. The van der Waals surface area contributed by atoms with Crippen molar-refractivity contribution in [2.45, 2.75) is 37.8 Å². The lowest BCUT2D eigenvalue weighted by Crippen LogP contribution is -2.39. The monoisotopic (exact) mass is 401 g/mol. The largest absolute Gasteiger partial charge is 0.382 e. The Bertz CT molecular complexity index is 919. The predicted molar refractivity (Wildman–Crippen MR) is 106 cm³/mol. The van der Waals surface area contributed by atoms with Crippen molar-refractivity contribution in [3.8, 4) is 10.7 Å². The molecule has 0 radical (unpaired) electrons. The first-order valence-electron chi connectivity index (χ1n) is 9.40. The van der Waals surface area contributed by atoms with Crippen molar-refractivity contribution in [3.05, 3.63) is 29.7 Å². The fourth-order valence-corrected chi connectivity index (χ4v) is 4.03. The molecule has 9 heteroatoms. The third-order valence-corrected chi connectivity index (χ3v) is 5.70. The minimum absolute atomic E-state index is 0.130. The molecule has 2 N–H and O–H groups in total. The van der Waals surface area contributed by atoms with E-state index in [1.54, 1.807) is 25.0 Å². The number of methoxy groups -OCH3 is 1. The molecular weight excluding hydrogens is 378 g/mol. The number of fused-ring (bicyclic) bond motifs is 1. The molecule has 0 aromatic carbocycles. The lowest BCUT2D eigenvalue weighted by Gasteiger charge is -2.29. The van der Waals surface area contributed by atoms with Gasteiger partial charge in [-0.15, -0.1) is 11.3 Å². The molecule has 1 aliphatic rings. The normalized spacial score (nSPS) is 19.8. The molecule has 3 aromatic rings. The van der Waals surface area contributed by atoms with Crippen LogP contribution in [0, 0.1) is 0 Å². The molecule has 0 saturated heterocycles. The van der Waals surface area contributed by atoms with Gasteiger partial charge in [-0.2, -0.15) is 0 Å². The SMILES string of the molecule is COCCOC1CCC(NC(=O)c2nc(-c3cncs3)nc3[nH]ccc23)CC1. The maximum atomic E-state index is 13.0. The summed E-state index contributed by atoms with van der Waals surface area (Å²) in [7, 11) is 1.67. The summed E-state index contributed by atoms with van der Waals surface area (Å²) >= 11 is 1.45. The van der Waals surface area contributed by atoms with Crippen molar-refractivity contribution >= 4 is 28.3 Å². The van der Waals surface area contributed by atoms with Crippen LogP contribution in [0.4, 0.5) is 0 Å². The first-order chi connectivity index (χ1) is 13.7. The van der Waals surface area contributed by atoms with Gasteiger partial charge in [0.25, 0.3) is 5.91 Å². The van der Waals surface area contributed by atoms with Gasteiger partial charge in [0.05, 0.1) is 35.1 Å². The van der Waals surface area contributed by atoms with Crippen LogP contribution in [0.3, 0.4) is 0 Å². The number of nitrogens with one attached hydrogen (secondary N) is 2. The maximum Gasteiger partial charge on any atom is 0.270 e. The number of carbonyl (C=O) groups is 1. The summed E-state index contributed by atoms with van der Waals surface area (Å²) in [5.41, 5.74) is 2.77. The summed E-state index contributed by atoms with van der Waals surface area (Å²) in [6, 6.07) is 1.96. The van der Waals surface area contributed by atoms with Crippen molar-refractivity contribution in [3.63, 3.8) is 0 Å². The molecule has 0 atom stereocenters. The second-order valence-electron chi connectivity index (χ2n) is 6.81. The van der Waals surface area contributed by atoms with Crippen molar-refractivity contribution in [1.29, 1.82) is 0 Å². The molecule has 0 unspecified atom stereocenters. The molecule has 3 aromatic heterocycles. The molecule has 1 fully saturated rings. The quantitative estimate of drug-likeness (QED) is 0.590. The average Bonchev–Trinajstić information content (AvgIpc) is 3.40. The summed E-state index contributed by atoms with van der Waals surface area (Å²) in [4.78, 5) is 30.0. The highest BCUT2D eigenvalue weighted by atomic mass is 32.1. The van der Waals surface area contributed by atoms with E-state index in [-0.39, 0.29) is 18.1 Å². The van der Waals surface area contributed by atoms with Crippen LogP contribution in [0.2, 0.25) is 0 Å². The summed E-state index contributed by atoms with van der Waals surface area (Å²) in [6.07, 6.45) is 7.39. The summed E-state index contributed by atoms with van der Waals surface area (Å²) in [5, 5.41) is 3.87. The second-order valence-corrected chi connectivity index (χ2v) is 7.70. The first-order valence-corrected chi connectivity index (χ1v) is 10.3. The number of carbonyl (C=O) groups excluding carboxylic acids is 1. The van der Waals surface area contributed by atoms with E-state index in [1.807, 2.05) is 6.07 Å². The van der Waals surface area contributed by atoms with Gasteiger partial charge in [0.1, 0.15) is 11.3 Å². The van der Waals surface area contributed by atoms with Crippen LogP contribution in [-0.2, 0) is 9.47 Å². The maximum absolute atomic E-state index is 13.0. The van der Waals surface area contributed by atoms with Crippen LogP contribution in [-0.4, -0.2) is 58.3 Å². The Labute approximate surface area is 166 Å². The standard InChI is InChI=1S/C19H23N5O3S/c1-26-8-9-27-13-4-2-12(3-5-13)22-19(25)16-14-6-7-21-17(14)24-18(23-16)15-10-20-11-28-15/h6-7,10-13H,2-5,8-9H2,1H3,(H,22,25)(H,21,23,24). The minimum atomic E-state index is -0.165. The van der Waals surface area contributed by atoms with Gasteiger partial charge in [0.2, 0.25) is 0 Å². The smallest absolute Gasteiger partial charge is 0.270 e. The van der Waals surface area contributed by atoms with Gasteiger partial charge in [-0.3, -0.25) is 9.78 Å². The molecule has 1 aliphatic carbocycles. The minimum Gasteiger partial charge on any atom is -0.382 e. The number of hydrogen-bond donors (Lipinski definition) is 2. The van der Waals surface area contributed by atoms with Crippen LogP contribution < -0.4 is 5.32 Å². The summed E-state index contributed by atoms with van der Waals surface area (Å²) in [5.74, 6) is 0.347. The number of thiazole rings is 1. The Kier molecular flexibility index (Phi) is 5.94. The molecular formula is C19H23N5O3S. The van der Waals surface area contributed by atoms with E-state index in [2.05, 4.69) is 25.3 Å². The number of aromatic nitrogens is 4. The van der Waals surface area contributed by atoms with E-state index in [9.17, 15) is 4.79 Å². The fraction of sp³-hybridized carbons (Fsp3) is 0.474. The molecule has 0 spiro atoms. The van der Waals surface area contributed by atoms with Gasteiger partial charge in [-0.05, 0) is 31.7 Å². The molecule has 8 nitrogen and oxygen atoms in total. The van der Waals surface area contributed by atoms with Crippen molar-refractivity contribution in [2.24, 2.45) is 0 Å². The van der Waals surface area contributed by atoms with Crippen LogP contribution >= 0.6 is 11.3 Å². The third-order valence-electron chi connectivity index (χ3n) is 4.93. The number of ether oxygens (including phenoxy) is 2. The molecule has 0 bridgehead atoms. The van der Waals surface area contributed by atoms with Gasteiger partial charge >= 0.3 is 0 Å². The van der Waals surface area contributed by atoms with Crippen LogP contribution in [0.5, 0.6) is 0 Å². The van der Waals surface area contributed by atoms with E-state index < -0.39 is 0 Å². The van der Waals surface area contributed by atoms with Gasteiger partial charge in [0.15, 0.2) is 5.82 Å². The number of rotatable bonds is 7. The highest BCUT2D eigenvalue weighted by molar-refractivity contribution is 7.13. The molecule has 28 heavy (non-hydrogen) atoms. The Morgan fingerprint density at radius 3 is 2.89 bits per heavy atom. The Morgan fingerprint density at radius 2 is 2.14 bits per heavy atom. The van der Waals surface area contributed by atoms with Gasteiger partial charge in [-0.1, -0.05) is 0 Å². The highest BCUT2D eigenvalue weighted by Gasteiger charge is 2.25. The lowest BCUT2D eigenvalue weighted by atomic mass is 9.93. The van der Waals surface area contributed by atoms with E-state index >= 15 is 0 Å². The zero-order valence-corrected chi connectivity index (χ0v) is 16.5. The van der Waals surface area contributed by atoms with Crippen LogP contribution in [0.15, 0.2) is 24.0 Å². The van der Waals surface area contributed by atoms with E-state index in [4.69, 9.17) is 9.47 Å². The molecule has 1 amide bonds. The zero-order chi connectivity index (χ0) is 19.3. The number of H-pyrrole nitrogens is 1. The van der Waals surface area contributed by atoms with Crippen molar-refractivity contribution in [2.75, 3.05) is 20.3 Å². The van der Waals surface area contributed by atoms with Crippen LogP contribution in [0.25, 0.3) is 21.7 Å². The number of hydrogen-bond acceptors (Lipinski definition) is 7. The Hall–Kier alpha value is -2.36. The third kappa shape index (κ3) is 4.21. The predicted octanol–water partition coefficient (Wildman–Crippen LogP) is 2.79. The number of amides is 1. The summed E-state index contributed by atoms with van der Waals surface area (Å²) < 4.78 is 10.8. The van der Waals surface area contributed by atoms with E-state index in [1.165, 1.54) is 11.3 Å². The summed E-state index contributed by atoms with van der Waals surface area (Å²) in [6.45, 7) is 1.23. The Balaban J connectivity index is 1.44. The van der Waals surface area contributed by atoms with Gasteiger partial charge < -0.3 is 19.8 Å². The molecule has 0 aliphatic heterocycles. The Morgan fingerprint density at radius 1 is 1.29 bits per heavy atom. The lowest BCUT2D eigenvalue weighted by molar-refractivity contribution is -0.00409. The highest BCUT2D eigenvalue weighted by Crippen LogP contribution is 2.25. The fourth-order valence-electron chi connectivity index (χ4n) is 3.48. The first kappa shape index (κ1) is 19.0. The average molecular weight is 401 g/mol. The topological polar surface area (TPSA) is 102 Å². The van der Waals surface area contributed by atoms with Gasteiger partial charge in [-0.25, -0.2) is 9.97 Å². The molecule has 4 rings (SSSR count). The number of nitrogens with zero attached hydrogens (tertiary/aromatic N) is 3. The second kappa shape index (κ2) is 8.76. The van der Waals surface area contributed by atoms with Crippen molar-refractivity contribution < 1.29 is 14.3 Å². The molecule has 3 heterocycles.